The summed E-state index contributed by atoms with van der Waals surface area (Å²) < 4.78 is 13.6. The summed E-state index contributed by atoms with van der Waals surface area (Å²) >= 11 is 0. The van der Waals surface area contributed by atoms with Gasteiger partial charge in [0.05, 0.1) is 11.5 Å². The third-order valence-electron chi connectivity index (χ3n) is 3.43. The highest BCUT2D eigenvalue weighted by Crippen LogP contribution is 2.42. The van der Waals surface area contributed by atoms with Crippen molar-refractivity contribution in [3.8, 4) is 6.07 Å². The molecule has 0 aliphatic carbocycles. The maximum atomic E-state index is 13.6. The number of benzene rings is 1. The van der Waals surface area contributed by atoms with Crippen LogP contribution in [-0.4, -0.2) is 5.11 Å². The number of halogens is 1. The van der Waals surface area contributed by atoms with Crippen molar-refractivity contribution >= 4 is 0 Å². The molecule has 2 atom stereocenters. The largest absolute Gasteiger partial charge is 0.384 e. The van der Waals surface area contributed by atoms with Gasteiger partial charge in [0.1, 0.15) is 11.4 Å². The Hall–Kier alpha value is -1.40. The van der Waals surface area contributed by atoms with E-state index in [0.717, 1.165) is 0 Å². The summed E-state index contributed by atoms with van der Waals surface area (Å²) in [5, 5.41) is 19.6. The lowest BCUT2D eigenvalue weighted by molar-refractivity contribution is -0.0407. The van der Waals surface area contributed by atoms with Gasteiger partial charge in [-0.25, -0.2) is 4.39 Å². The van der Waals surface area contributed by atoms with E-state index in [1.54, 1.807) is 26.0 Å². The Morgan fingerprint density at radius 1 is 1.38 bits per heavy atom. The molecule has 1 aromatic carbocycles. The molecule has 16 heavy (non-hydrogen) atoms. The van der Waals surface area contributed by atoms with Crippen LogP contribution in [0.5, 0.6) is 0 Å². The van der Waals surface area contributed by atoms with Crippen molar-refractivity contribution in [2.24, 2.45) is 5.41 Å². The molecule has 0 saturated heterocycles. The number of aliphatic hydroxyl groups is 1. The minimum Gasteiger partial charge on any atom is -0.384 e. The molecule has 0 fully saturated rings. The van der Waals surface area contributed by atoms with Crippen molar-refractivity contribution in [3.05, 3.63) is 35.6 Å². The molecule has 0 saturated carbocycles. The van der Waals surface area contributed by atoms with Crippen molar-refractivity contribution in [1.82, 2.24) is 0 Å². The molecule has 0 bridgehead atoms. The van der Waals surface area contributed by atoms with E-state index in [1.807, 2.05) is 0 Å². The van der Waals surface area contributed by atoms with E-state index in [1.165, 1.54) is 19.1 Å². The van der Waals surface area contributed by atoms with Crippen LogP contribution in [0.2, 0.25) is 0 Å². The number of nitriles is 1. The highest BCUT2D eigenvalue weighted by molar-refractivity contribution is 5.28. The maximum absolute atomic E-state index is 13.6. The summed E-state index contributed by atoms with van der Waals surface area (Å²) in [5.74, 6) is -0.484. The van der Waals surface area contributed by atoms with Crippen molar-refractivity contribution in [3.63, 3.8) is 0 Å². The third-order valence-corrected chi connectivity index (χ3v) is 3.43. The van der Waals surface area contributed by atoms with Crippen molar-refractivity contribution in [2.75, 3.05) is 0 Å². The Labute approximate surface area is 95.3 Å². The summed E-state index contributed by atoms with van der Waals surface area (Å²) in [5.41, 5.74) is -2.34. The molecule has 2 nitrogen and oxygen atoms in total. The Balaban J connectivity index is 3.32. The van der Waals surface area contributed by atoms with Gasteiger partial charge in [-0.05, 0) is 26.3 Å². The smallest absolute Gasteiger partial charge is 0.129 e. The van der Waals surface area contributed by atoms with Gasteiger partial charge in [0.2, 0.25) is 0 Å². The lowest BCUT2D eigenvalue weighted by Gasteiger charge is -2.37. The maximum Gasteiger partial charge on any atom is 0.129 e. The molecule has 0 aliphatic heterocycles. The summed E-state index contributed by atoms with van der Waals surface area (Å²) in [6.07, 6.45) is 0.449. The van der Waals surface area contributed by atoms with Gasteiger partial charge < -0.3 is 5.11 Å². The van der Waals surface area contributed by atoms with Crippen LogP contribution in [0.1, 0.15) is 32.8 Å². The fourth-order valence-corrected chi connectivity index (χ4v) is 1.69. The minimum atomic E-state index is -1.50. The lowest BCUT2D eigenvalue weighted by Crippen LogP contribution is -2.40. The van der Waals surface area contributed by atoms with Crippen LogP contribution in [0.4, 0.5) is 4.39 Å². The highest BCUT2D eigenvalue weighted by Gasteiger charge is 2.45. The van der Waals surface area contributed by atoms with Crippen molar-refractivity contribution < 1.29 is 9.50 Å². The zero-order chi connectivity index (χ0) is 12.4. The number of hydrogen-bond acceptors (Lipinski definition) is 2. The summed E-state index contributed by atoms with van der Waals surface area (Å²) in [4.78, 5) is 0. The molecule has 0 aliphatic rings. The fourth-order valence-electron chi connectivity index (χ4n) is 1.69. The molecule has 0 spiro atoms. The number of rotatable bonds is 3. The summed E-state index contributed by atoms with van der Waals surface area (Å²) in [6.45, 7) is 4.93. The SMILES string of the molecule is CCC(C)(C#N)C(C)(O)c1ccccc1F. The van der Waals surface area contributed by atoms with E-state index >= 15 is 0 Å². The van der Waals surface area contributed by atoms with Crippen LogP contribution in [0.3, 0.4) is 0 Å². The lowest BCUT2D eigenvalue weighted by atomic mass is 9.70. The van der Waals surface area contributed by atoms with E-state index in [-0.39, 0.29) is 5.56 Å². The predicted molar refractivity (Wildman–Crippen MR) is 60.0 cm³/mol. The van der Waals surface area contributed by atoms with Crippen LogP contribution >= 0.6 is 0 Å². The second-order valence-corrected chi connectivity index (χ2v) is 4.35. The van der Waals surface area contributed by atoms with E-state index in [2.05, 4.69) is 6.07 Å². The molecule has 1 rings (SSSR count). The van der Waals surface area contributed by atoms with Gasteiger partial charge >= 0.3 is 0 Å². The summed E-state index contributed by atoms with van der Waals surface area (Å²) in [6, 6.07) is 8.09. The predicted octanol–water partition coefficient (Wildman–Crippen LogP) is 2.97. The van der Waals surface area contributed by atoms with E-state index in [0.29, 0.717) is 6.42 Å². The van der Waals surface area contributed by atoms with Crippen LogP contribution in [0.15, 0.2) is 24.3 Å². The molecule has 0 aromatic heterocycles. The quantitative estimate of drug-likeness (QED) is 0.852. The third kappa shape index (κ3) is 1.81. The molecular formula is C13H16FNO. The molecule has 0 amide bonds. The zero-order valence-corrected chi connectivity index (χ0v) is 9.79. The Morgan fingerprint density at radius 3 is 2.38 bits per heavy atom. The Kier molecular flexibility index (Phi) is 3.35. The number of hydrogen-bond donors (Lipinski definition) is 1. The first-order chi connectivity index (χ1) is 7.39. The van der Waals surface area contributed by atoms with Gasteiger partial charge in [-0.15, -0.1) is 0 Å². The van der Waals surface area contributed by atoms with Crippen LogP contribution < -0.4 is 0 Å². The molecule has 0 radical (unpaired) electrons. The van der Waals surface area contributed by atoms with Gasteiger partial charge in [0.25, 0.3) is 0 Å². The normalized spacial score (nSPS) is 18.2. The minimum absolute atomic E-state index is 0.168. The van der Waals surface area contributed by atoms with Crippen LogP contribution in [0.25, 0.3) is 0 Å². The molecular weight excluding hydrogens is 205 g/mol. The average molecular weight is 221 g/mol. The van der Waals surface area contributed by atoms with Crippen LogP contribution in [-0.2, 0) is 5.60 Å². The van der Waals surface area contributed by atoms with Gasteiger partial charge in [-0.3, -0.25) is 0 Å². The first kappa shape index (κ1) is 12.7. The Bertz CT molecular complexity index is 422. The number of nitrogens with zero attached hydrogens (tertiary/aromatic N) is 1. The second kappa shape index (κ2) is 4.23. The molecule has 1 aromatic rings. The average Bonchev–Trinajstić information content (AvgIpc) is 2.28. The molecule has 0 heterocycles. The van der Waals surface area contributed by atoms with E-state index in [9.17, 15) is 9.50 Å². The van der Waals surface area contributed by atoms with Gasteiger partial charge in [-0.1, -0.05) is 25.1 Å². The highest BCUT2D eigenvalue weighted by atomic mass is 19.1. The van der Waals surface area contributed by atoms with Crippen molar-refractivity contribution in [1.29, 1.82) is 5.26 Å². The first-order valence-corrected chi connectivity index (χ1v) is 5.27. The fraction of sp³-hybridized carbons (Fsp3) is 0.462. The molecule has 3 heteroatoms. The van der Waals surface area contributed by atoms with E-state index < -0.39 is 16.8 Å². The van der Waals surface area contributed by atoms with Crippen molar-refractivity contribution in [2.45, 2.75) is 32.8 Å². The molecule has 1 N–H and O–H groups in total. The monoisotopic (exact) mass is 221 g/mol. The molecule has 86 valence electrons. The standard InChI is InChI=1S/C13H16FNO/c1-4-12(2,9-15)13(3,16)10-7-5-6-8-11(10)14/h5-8,16H,4H2,1-3H3. The molecule has 2 unspecified atom stereocenters. The zero-order valence-electron chi connectivity index (χ0n) is 9.79. The Morgan fingerprint density at radius 2 is 1.94 bits per heavy atom. The van der Waals surface area contributed by atoms with Gasteiger partial charge in [0, 0.05) is 5.56 Å². The summed E-state index contributed by atoms with van der Waals surface area (Å²) in [7, 11) is 0. The van der Waals surface area contributed by atoms with Gasteiger partial charge in [0.15, 0.2) is 0 Å². The van der Waals surface area contributed by atoms with Gasteiger partial charge in [-0.2, -0.15) is 5.26 Å². The van der Waals surface area contributed by atoms with E-state index in [4.69, 9.17) is 5.26 Å². The first-order valence-electron chi connectivity index (χ1n) is 5.27. The second-order valence-electron chi connectivity index (χ2n) is 4.35. The topological polar surface area (TPSA) is 44.0 Å². The van der Waals surface area contributed by atoms with Crippen LogP contribution in [0, 0.1) is 22.6 Å².